The summed E-state index contributed by atoms with van der Waals surface area (Å²) in [5, 5.41) is 11.5. The van der Waals surface area contributed by atoms with E-state index in [0.717, 1.165) is 32.4 Å². The Kier molecular flexibility index (Phi) is 7.17. The summed E-state index contributed by atoms with van der Waals surface area (Å²) < 4.78 is 0. The number of amides is 1. The van der Waals surface area contributed by atoms with Gasteiger partial charge >= 0.3 is 0 Å². The number of hydrogen-bond donors (Lipinski definition) is 2. The predicted molar refractivity (Wildman–Crippen MR) is 64.2 cm³/mol. The van der Waals surface area contributed by atoms with Gasteiger partial charge in [0.15, 0.2) is 0 Å². The Labute approximate surface area is 98.0 Å². The molecule has 0 saturated carbocycles. The summed E-state index contributed by atoms with van der Waals surface area (Å²) in [5.41, 5.74) is 0. The zero-order valence-electron chi connectivity index (χ0n) is 10.1. The number of carbonyl (C=O) groups excluding carboxylic acids is 1. The molecular formula is C12H24N2O2. The maximum absolute atomic E-state index is 11.3. The minimum atomic E-state index is 0.120. The van der Waals surface area contributed by atoms with Crippen LogP contribution in [-0.2, 0) is 4.79 Å². The third-order valence-corrected chi connectivity index (χ3v) is 2.98. The van der Waals surface area contributed by atoms with Crippen LogP contribution < -0.4 is 5.32 Å². The molecule has 4 nitrogen and oxygen atoms in total. The molecule has 0 atom stereocenters. The molecule has 1 rings (SSSR count). The first-order valence-corrected chi connectivity index (χ1v) is 6.43. The maximum Gasteiger partial charge on any atom is 0.219 e. The lowest BCUT2D eigenvalue weighted by Crippen LogP contribution is -2.28. The Morgan fingerprint density at radius 2 is 1.94 bits per heavy atom. The van der Waals surface area contributed by atoms with Crippen molar-refractivity contribution in [3.05, 3.63) is 0 Å². The van der Waals surface area contributed by atoms with Crippen molar-refractivity contribution in [1.29, 1.82) is 0 Å². The lowest BCUT2D eigenvalue weighted by molar-refractivity contribution is -0.121. The molecule has 1 heterocycles. The minimum absolute atomic E-state index is 0.120. The molecule has 0 aromatic rings. The lowest BCUT2D eigenvalue weighted by Gasteiger charge is -2.14. The Morgan fingerprint density at radius 1 is 1.19 bits per heavy atom. The van der Waals surface area contributed by atoms with E-state index in [2.05, 4.69) is 10.2 Å². The molecule has 16 heavy (non-hydrogen) atoms. The lowest BCUT2D eigenvalue weighted by atomic mass is 10.2. The standard InChI is InChI=1S/C12H24N2O2/c15-11-4-1-6-12(16)13-7-5-10-14-8-2-3-9-14/h15H,1-11H2,(H,13,16). The molecule has 0 radical (unpaired) electrons. The number of nitrogens with zero attached hydrogens (tertiary/aromatic N) is 1. The predicted octanol–water partition coefficient (Wildman–Crippen LogP) is 0.751. The van der Waals surface area contributed by atoms with Crippen molar-refractivity contribution in [1.82, 2.24) is 10.2 Å². The highest BCUT2D eigenvalue weighted by Crippen LogP contribution is 2.06. The summed E-state index contributed by atoms with van der Waals surface area (Å²) in [5.74, 6) is 0.120. The molecular weight excluding hydrogens is 204 g/mol. The van der Waals surface area contributed by atoms with Gasteiger partial charge in [-0.2, -0.15) is 0 Å². The largest absolute Gasteiger partial charge is 0.396 e. The fourth-order valence-electron chi connectivity index (χ4n) is 2.02. The van der Waals surface area contributed by atoms with Crippen LogP contribution >= 0.6 is 0 Å². The number of likely N-dealkylation sites (tertiary alicyclic amines) is 1. The van der Waals surface area contributed by atoms with Crippen LogP contribution in [0.1, 0.15) is 38.5 Å². The Hall–Kier alpha value is -0.610. The number of aliphatic hydroxyl groups excluding tert-OH is 1. The van der Waals surface area contributed by atoms with Crippen molar-refractivity contribution in [3.8, 4) is 0 Å². The summed E-state index contributed by atoms with van der Waals surface area (Å²) in [6.07, 6.45) is 5.76. The molecule has 1 fully saturated rings. The summed E-state index contributed by atoms with van der Waals surface area (Å²) >= 11 is 0. The first kappa shape index (κ1) is 13.5. The average molecular weight is 228 g/mol. The molecule has 0 aliphatic carbocycles. The van der Waals surface area contributed by atoms with Gasteiger partial charge in [-0.15, -0.1) is 0 Å². The van der Waals surface area contributed by atoms with Crippen LogP contribution in [0.25, 0.3) is 0 Å². The quantitative estimate of drug-likeness (QED) is 0.603. The Morgan fingerprint density at radius 3 is 2.62 bits per heavy atom. The summed E-state index contributed by atoms with van der Waals surface area (Å²) in [6.45, 7) is 4.53. The minimum Gasteiger partial charge on any atom is -0.396 e. The summed E-state index contributed by atoms with van der Waals surface area (Å²) in [4.78, 5) is 13.8. The van der Waals surface area contributed by atoms with Crippen LogP contribution in [-0.4, -0.2) is 48.7 Å². The fraction of sp³-hybridized carbons (Fsp3) is 0.917. The summed E-state index contributed by atoms with van der Waals surface area (Å²) in [7, 11) is 0. The summed E-state index contributed by atoms with van der Waals surface area (Å²) in [6, 6.07) is 0. The van der Waals surface area contributed by atoms with Crippen LogP contribution in [0.15, 0.2) is 0 Å². The second kappa shape index (κ2) is 8.53. The SMILES string of the molecule is O=C(CCCCO)NCCCN1CCCC1. The Bertz CT molecular complexity index is 191. The fourth-order valence-corrected chi connectivity index (χ4v) is 2.02. The Balaban J connectivity index is 1.87. The second-order valence-corrected chi connectivity index (χ2v) is 4.43. The van der Waals surface area contributed by atoms with Crippen LogP contribution in [0.3, 0.4) is 0 Å². The molecule has 4 heteroatoms. The third-order valence-electron chi connectivity index (χ3n) is 2.98. The molecule has 0 aromatic heterocycles. The molecule has 1 saturated heterocycles. The number of carbonyl (C=O) groups is 1. The molecule has 0 bridgehead atoms. The highest BCUT2D eigenvalue weighted by atomic mass is 16.2. The molecule has 0 spiro atoms. The normalized spacial score (nSPS) is 16.6. The zero-order chi connectivity index (χ0) is 11.6. The van der Waals surface area contributed by atoms with Gasteiger partial charge in [0, 0.05) is 19.6 Å². The highest BCUT2D eigenvalue weighted by molar-refractivity contribution is 5.75. The molecule has 1 amide bonds. The van der Waals surface area contributed by atoms with Crippen molar-refractivity contribution >= 4 is 5.91 Å². The van der Waals surface area contributed by atoms with Gasteiger partial charge in [0.05, 0.1) is 0 Å². The molecule has 0 unspecified atom stereocenters. The topological polar surface area (TPSA) is 52.6 Å². The van der Waals surface area contributed by atoms with Crippen molar-refractivity contribution in [3.63, 3.8) is 0 Å². The molecule has 1 aliphatic rings. The van der Waals surface area contributed by atoms with E-state index in [1.165, 1.54) is 25.9 Å². The van der Waals surface area contributed by atoms with Crippen LogP contribution in [0.5, 0.6) is 0 Å². The van der Waals surface area contributed by atoms with Crippen LogP contribution in [0.4, 0.5) is 0 Å². The van der Waals surface area contributed by atoms with Gasteiger partial charge in [-0.05, 0) is 51.7 Å². The van der Waals surface area contributed by atoms with E-state index in [4.69, 9.17) is 5.11 Å². The average Bonchev–Trinajstić information content (AvgIpc) is 2.78. The van der Waals surface area contributed by atoms with Gasteiger partial charge in [-0.3, -0.25) is 4.79 Å². The number of nitrogens with one attached hydrogen (secondary N) is 1. The second-order valence-electron chi connectivity index (χ2n) is 4.43. The molecule has 1 aliphatic heterocycles. The first-order valence-electron chi connectivity index (χ1n) is 6.43. The maximum atomic E-state index is 11.3. The van der Waals surface area contributed by atoms with Gasteiger partial charge in [-0.1, -0.05) is 0 Å². The van der Waals surface area contributed by atoms with Gasteiger partial charge in [0.1, 0.15) is 0 Å². The number of unbranched alkanes of at least 4 members (excludes halogenated alkanes) is 1. The highest BCUT2D eigenvalue weighted by Gasteiger charge is 2.10. The van der Waals surface area contributed by atoms with E-state index >= 15 is 0 Å². The van der Waals surface area contributed by atoms with Gasteiger partial charge < -0.3 is 15.3 Å². The monoisotopic (exact) mass is 228 g/mol. The number of hydrogen-bond acceptors (Lipinski definition) is 3. The van der Waals surface area contributed by atoms with E-state index in [1.807, 2.05) is 0 Å². The van der Waals surface area contributed by atoms with Gasteiger partial charge in [-0.25, -0.2) is 0 Å². The van der Waals surface area contributed by atoms with Crippen molar-refractivity contribution < 1.29 is 9.90 Å². The van der Waals surface area contributed by atoms with Crippen molar-refractivity contribution in [2.24, 2.45) is 0 Å². The smallest absolute Gasteiger partial charge is 0.219 e. The van der Waals surface area contributed by atoms with E-state index in [1.54, 1.807) is 0 Å². The van der Waals surface area contributed by atoms with E-state index in [9.17, 15) is 4.79 Å². The molecule has 94 valence electrons. The van der Waals surface area contributed by atoms with Crippen molar-refractivity contribution in [2.75, 3.05) is 32.8 Å². The zero-order valence-corrected chi connectivity index (χ0v) is 10.1. The number of aliphatic hydroxyl groups is 1. The number of rotatable bonds is 8. The van der Waals surface area contributed by atoms with E-state index < -0.39 is 0 Å². The first-order chi connectivity index (χ1) is 7.83. The van der Waals surface area contributed by atoms with Gasteiger partial charge in [0.2, 0.25) is 5.91 Å². The molecule has 0 aromatic carbocycles. The van der Waals surface area contributed by atoms with Crippen molar-refractivity contribution in [2.45, 2.75) is 38.5 Å². The van der Waals surface area contributed by atoms with Crippen LogP contribution in [0, 0.1) is 0 Å². The molecule has 2 N–H and O–H groups in total. The van der Waals surface area contributed by atoms with E-state index in [-0.39, 0.29) is 12.5 Å². The van der Waals surface area contributed by atoms with Crippen LogP contribution in [0.2, 0.25) is 0 Å². The van der Waals surface area contributed by atoms with E-state index in [0.29, 0.717) is 6.42 Å². The van der Waals surface area contributed by atoms with Gasteiger partial charge in [0.25, 0.3) is 0 Å². The third kappa shape index (κ3) is 6.08.